The molecule has 2 aromatic rings. The molecule has 2 N–H and O–H groups in total. The van der Waals surface area contributed by atoms with Crippen molar-refractivity contribution in [3.05, 3.63) is 58.6 Å². The highest BCUT2D eigenvalue weighted by Crippen LogP contribution is 2.23. The zero-order chi connectivity index (χ0) is 14.6. The molecule has 0 aliphatic rings. The van der Waals surface area contributed by atoms with Gasteiger partial charge in [0.15, 0.2) is 0 Å². The minimum absolute atomic E-state index is 0.546. The van der Waals surface area contributed by atoms with Crippen LogP contribution in [0.5, 0.6) is 0 Å². The van der Waals surface area contributed by atoms with Gasteiger partial charge in [-0.1, -0.05) is 40.2 Å². The van der Waals surface area contributed by atoms with Gasteiger partial charge >= 0.3 is 0 Å². The first-order chi connectivity index (χ1) is 9.44. The van der Waals surface area contributed by atoms with Crippen LogP contribution in [0.4, 0.5) is 11.4 Å². The molecular formula is C14H15BrN2O2S. The van der Waals surface area contributed by atoms with Crippen LogP contribution < -0.4 is 10.0 Å². The molecule has 0 unspecified atom stereocenters. The van der Waals surface area contributed by atoms with Crippen LogP contribution in [0.2, 0.25) is 0 Å². The molecule has 0 saturated carbocycles. The summed E-state index contributed by atoms with van der Waals surface area (Å²) in [6.45, 7) is 0.613. The monoisotopic (exact) mass is 354 g/mol. The standard InChI is InChI=1S/C14H15BrN2O2S/c1-20(18,19)17-14-8-3-2-7-13(14)16-10-11-5-4-6-12(15)9-11/h2-9,16-17H,10H2,1H3. The van der Waals surface area contributed by atoms with E-state index in [-0.39, 0.29) is 0 Å². The van der Waals surface area contributed by atoms with Crippen molar-refractivity contribution in [3.63, 3.8) is 0 Å². The van der Waals surface area contributed by atoms with E-state index in [1.54, 1.807) is 12.1 Å². The van der Waals surface area contributed by atoms with E-state index in [1.165, 1.54) is 0 Å². The van der Waals surface area contributed by atoms with Crippen LogP contribution in [0.15, 0.2) is 53.0 Å². The molecule has 106 valence electrons. The van der Waals surface area contributed by atoms with E-state index >= 15 is 0 Å². The average Bonchev–Trinajstić information content (AvgIpc) is 2.36. The van der Waals surface area contributed by atoms with Crippen molar-refractivity contribution in [3.8, 4) is 0 Å². The van der Waals surface area contributed by atoms with E-state index in [1.807, 2.05) is 36.4 Å². The number of hydrogen-bond donors (Lipinski definition) is 2. The van der Waals surface area contributed by atoms with Crippen LogP contribution in [0.3, 0.4) is 0 Å². The molecule has 0 bridgehead atoms. The fraction of sp³-hybridized carbons (Fsp3) is 0.143. The fourth-order valence-electron chi connectivity index (χ4n) is 1.77. The van der Waals surface area contributed by atoms with Crippen molar-refractivity contribution in [1.29, 1.82) is 0 Å². The smallest absolute Gasteiger partial charge is 0.229 e. The highest BCUT2D eigenvalue weighted by atomic mass is 79.9. The highest BCUT2D eigenvalue weighted by Gasteiger charge is 2.06. The Morgan fingerprint density at radius 3 is 2.40 bits per heavy atom. The second kappa shape index (κ2) is 6.28. The summed E-state index contributed by atoms with van der Waals surface area (Å²) in [7, 11) is -3.29. The number of rotatable bonds is 5. The third kappa shape index (κ3) is 4.54. The van der Waals surface area contributed by atoms with Gasteiger partial charge in [-0.15, -0.1) is 0 Å². The SMILES string of the molecule is CS(=O)(=O)Nc1ccccc1NCc1cccc(Br)c1. The van der Waals surface area contributed by atoms with Crippen LogP contribution in [-0.2, 0) is 16.6 Å². The topological polar surface area (TPSA) is 58.2 Å². The van der Waals surface area contributed by atoms with Gasteiger partial charge in [-0.3, -0.25) is 4.72 Å². The second-order valence-corrected chi connectivity index (χ2v) is 7.07. The lowest BCUT2D eigenvalue weighted by Gasteiger charge is -2.12. The minimum Gasteiger partial charge on any atom is -0.379 e. The van der Waals surface area contributed by atoms with Crippen molar-refractivity contribution >= 4 is 37.3 Å². The van der Waals surface area contributed by atoms with Gasteiger partial charge in [0, 0.05) is 11.0 Å². The molecule has 6 heteroatoms. The number of halogens is 1. The largest absolute Gasteiger partial charge is 0.379 e. The van der Waals surface area contributed by atoms with Crippen LogP contribution in [-0.4, -0.2) is 14.7 Å². The van der Waals surface area contributed by atoms with Gasteiger partial charge in [-0.05, 0) is 29.8 Å². The Balaban J connectivity index is 2.13. The molecule has 20 heavy (non-hydrogen) atoms. The number of anilines is 2. The van der Waals surface area contributed by atoms with Crippen molar-refractivity contribution in [2.45, 2.75) is 6.54 Å². The molecule has 0 heterocycles. The molecule has 2 aromatic carbocycles. The fourth-order valence-corrected chi connectivity index (χ4v) is 2.79. The number of para-hydroxylation sites is 2. The van der Waals surface area contributed by atoms with Gasteiger partial charge in [0.05, 0.1) is 17.6 Å². The third-order valence-corrected chi connectivity index (χ3v) is 3.68. The van der Waals surface area contributed by atoms with Crippen LogP contribution in [0, 0.1) is 0 Å². The Morgan fingerprint density at radius 1 is 1.05 bits per heavy atom. The molecule has 0 aromatic heterocycles. The first-order valence-electron chi connectivity index (χ1n) is 5.99. The van der Waals surface area contributed by atoms with Crippen molar-refractivity contribution in [1.82, 2.24) is 0 Å². The van der Waals surface area contributed by atoms with Crippen molar-refractivity contribution in [2.75, 3.05) is 16.3 Å². The lowest BCUT2D eigenvalue weighted by atomic mass is 10.2. The van der Waals surface area contributed by atoms with E-state index in [4.69, 9.17) is 0 Å². The van der Waals surface area contributed by atoms with Crippen molar-refractivity contribution < 1.29 is 8.42 Å². The summed E-state index contributed by atoms with van der Waals surface area (Å²) in [4.78, 5) is 0. The summed E-state index contributed by atoms with van der Waals surface area (Å²) >= 11 is 3.42. The van der Waals surface area contributed by atoms with E-state index in [0.717, 1.165) is 22.0 Å². The lowest BCUT2D eigenvalue weighted by molar-refractivity contribution is 0.607. The summed E-state index contributed by atoms with van der Waals surface area (Å²) in [5.74, 6) is 0. The number of benzene rings is 2. The third-order valence-electron chi connectivity index (χ3n) is 2.59. The summed E-state index contributed by atoms with van der Waals surface area (Å²) in [5, 5.41) is 3.23. The van der Waals surface area contributed by atoms with Crippen LogP contribution in [0.1, 0.15) is 5.56 Å². The first kappa shape index (κ1) is 14.9. The molecule has 0 saturated heterocycles. The molecule has 2 rings (SSSR count). The predicted molar refractivity (Wildman–Crippen MR) is 86.4 cm³/mol. The lowest BCUT2D eigenvalue weighted by Crippen LogP contribution is -2.11. The average molecular weight is 355 g/mol. The Hall–Kier alpha value is -1.53. The van der Waals surface area contributed by atoms with Crippen molar-refractivity contribution in [2.24, 2.45) is 0 Å². The van der Waals surface area contributed by atoms with Gasteiger partial charge in [0.25, 0.3) is 0 Å². The zero-order valence-electron chi connectivity index (χ0n) is 10.9. The number of hydrogen-bond acceptors (Lipinski definition) is 3. The summed E-state index contributed by atoms with van der Waals surface area (Å²) in [5.41, 5.74) is 2.40. The molecule has 4 nitrogen and oxygen atoms in total. The molecule has 0 fully saturated rings. The van der Waals surface area contributed by atoms with Crippen LogP contribution >= 0.6 is 15.9 Å². The summed E-state index contributed by atoms with van der Waals surface area (Å²) in [6.07, 6.45) is 1.14. The predicted octanol–water partition coefficient (Wildman–Crippen LogP) is 3.43. The molecule has 0 aliphatic heterocycles. The van der Waals surface area contributed by atoms with E-state index in [2.05, 4.69) is 26.0 Å². The molecule has 0 aliphatic carbocycles. The van der Waals surface area contributed by atoms with Gasteiger partial charge < -0.3 is 5.32 Å². The Labute approximate surface area is 127 Å². The summed E-state index contributed by atoms with van der Waals surface area (Å²) in [6, 6.07) is 15.2. The Morgan fingerprint density at radius 2 is 1.75 bits per heavy atom. The maximum absolute atomic E-state index is 11.3. The Bertz CT molecular complexity index is 702. The maximum atomic E-state index is 11.3. The van der Waals surface area contributed by atoms with Gasteiger partial charge in [-0.2, -0.15) is 0 Å². The van der Waals surface area contributed by atoms with E-state index in [9.17, 15) is 8.42 Å². The second-order valence-electron chi connectivity index (χ2n) is 4.40. The van der Waals surface area contributed by atoms with Gasteiger partial charge in [0.2, 0.25) is 10.0 Å². The normalized spacial score (nSPS) is 11.1. The number of nitrogens with one attached hydrogen (secondary N) is 2. The van der Waals surface area contributed by atoms with E-state index in [0.29, 0.717) is 12.2 Å². The molecule has 0 radical (unpaired) electrons. The first-order valence-corrected chi connectivity index (χ1v) is 8.67. The highest BCUT2D eigenvalue weighted by molar-refractivity contribution is 9.10. The molecule has 0 spiro atoms. The number of sulfonamides is 1. The molecule has 0 amide bonds. The van der Waals surface area contributed by atoms with Crippen LogP contribution in [0.25, 0.3) is 0 Å². The zero-order valence-corrected chi connectivity index (χ0v) is 13.3. The summed E-state index contributed by atoms with van der Waals surface area (Å²) < 4.78 is 26.2. The molecular weight excluding hydrogens is 340 g/mol. The van der Waals surface area contributed by atoms with Gasteiger partial charge in [0.1, 0.15) is 0 Å². The quantitative estimate of drug-likeness (QED) is 0.864. The molecule has 0 atom stereocenters. The Kier molecular flexibility index (Phi) is 4.67. The maximum Gasteiger partial charge on any atom is 0.229 e. The minimum atomic E-state index is -3.29. The van der Waals surface area contributed by atoms with Gasteiger partial charge in [-0.25, -0.2) is 8.42 Å². The van der Waals surface area contributed by atoms with E-state index < -0.39 is 10.0 Å².